The standard InChI is InChI=1S/C7H14O.C2H6O2/c1-3-5-6-7(8)4-2;3-1-2-4/h3-6H2,1-2H3;3-4H,1-2H2. The first-order chi connectivity index (χ1) is 5.72. The highest BCUT2D eigenvalue weighted by Gasteiger charge is 1.93. The van der Waals surface area contributed by atoms with Crippen molar-refractivity contribution in [3.05, 3.63) is 0 Å². The van der Waals surface area contributed by atoms with Gasteiger partial charge in [0, 0.05) is 12.8 Å². The fourth-order valence-electron chi connectivity index (χ4n) is 0.551. The molecule has 0 fully saturated rings. The summed E-state index contributed by atoms with van der Waals surface area (Å²) in [6.07, 6.45) is 3.69. The summed E-state index contributed by atoms with van der Waals surface area (Å²) in [5.41, 5.74) is 0. The molecule has 0 heterocycles. The molecule has 0 aromatic rings. The fraction of sp³-hybridized carbons (Fsp3) is 0.889. The third-order valence-electron chi connectivity index (χ3n) is 1.30. The smallest absolute Gasteiger partial charge is 0.132 e. The molecule has 3 nitrogen and oxygen atoms in total. The van der Waals surface area contributed by atoms with Gasteiger partial charge in [0.05, 0.1) is 13.2 Å². The lowest BCUT2D eigenvalue weighted by atomic mass is 10.1. The zero-order valence-corrected chi connectivity index (χ0v) is 8.05. The van der Waals surface area contributed by atoms with E-state index in [1.54, 1.807) is 0 Å². The minimum Gasteiger partial charge on any atom is -0.394 e. The second kappa shape index (κ2) is 13.2. The van der Waals surface area contributed by atoms with Crippen molar-refractivity contribution in [2.75, 3.05) is 13.2 Å². The van der Waals surface area contributed by atoms with Crippen molar-refractivity contribution in [1.29, 1.82) is 0 Å². The highest BCUT2D eigenvalue weighted by Crippen LogP contribution is 1.96. The Balaban J connectivity index is 0. The Morgan fingerprint density at radius 1 is 1.17 bits per heavy atom. The molecule has 0 atom stereocenters. The predicted molar refractivity (Wildman–Crippen MR) is 49.0 cm³/mol. The maximum absolute atomic E-state index is 10.6. The number of rotatable bonds is 5. The van der Waals surface area contributed by atoms with E-state index in [4.69, 9.17) is 10.2 Å². The number of ketones is 1. The Morgan fingerprint density at radius 2 is 1.67 bits per heavy atom. The van der Waals surface area contributed by atoms with E-state index in [-0.39, 0.29) is 13.2 Å². The summed E-state index contributed by atoms with van der Waals surface area (Å²) in [6, 6.07) is 0. The maximum atomic E-state index is 10.6. The summed E-state index contributed by atoms with van der Waals surface area (Å²) in [5, 5.41) is 15.2. The van der Waals surface area contributed by atoms with Gasteiger partial charge in [-0.1, -0.05) is 20.3 Å². The van der Waals surface area contributed by atoms with Crippen molar-refractivity contribution in [2.24, 2.45) is 0 Å². The van der Waals surface area contributed by atoms with E-state index in [9.17, 15) is 4.79 Å². The summed E-state index contributed by atoms with van der Waals surface area (Å²) >= 11 is 0. The van der Waals surface area contributed by atoms with Gasteiger partial charge in [-0.25, -0.2) is 0 Å². The summed E-state index contributed by atoms with van der Waals surface area (Å²) in [6.45, 7) is 3.76. The minimum absolute atomic E-state index is 0.125. The molecule has 0 bridgehead atoms. The normalized spacial score (nSPS) is 8.67. The molecule has 0 spiro atoms. The number of Topliss-reactive ketones (excluding diaryl/α,β-unsaturated/α-hetero) is 1. The molecule has 0 unspecified atom stereocenters. The third kappa shape index (κ3) is 16.3. The van der Waals surface area contributed by atoms with E-state index in [1.807, 2.05) is 6.92 Å². The van der Waals surface area contributed by atoms with Crippen molar-refractivity contribution in [3.8, 4) is 0 Å². The van der Waals surface area contributed by atoms with Gasteiger partial charge in [0.2, 0.25) is 0 Å². The SMILES string of the molecule is CCCCC(=O)CC.OCCO. The molecule has 2 N–H and O–H groups in total. The molecule has 0 radical (unpaired) electrons. The van der Waals surface area contributed by atoms with Gasteiger partial charge in [0.1, 0.15) is 5.78 Å². The Bertz CT molecular complexity index is 89.8. The predicted octanol–water partition coefficient (Wildman–Crippen LogP) is 1.13. The van der Waals surface area contributed by atoms with Crippen LogP contribution in [-0.2, 0) is 4.79 Å². The van der Waals surface area contributed by atoms with Crippen LogP contribution in [0.3, 0.4) is 0 Å². The number of carbonyl (C=O) groups is 1. The zero-order valence-electron chi connectivity index (χ0n) is 8.05. The molecular weight excluding hydrogens is 156 g/mol. The lowest BCUT2D eigenvalue weighted by Gasteiger charge is -1.91. The van der Waals surface area contributed by atoms with Crippen LogP contribution in [0.5, 0.6) is 0 Å². The molecule has 0 aliphatic carbocycles. The molecule has 3 heteroatoms. The number of aliphatic hydroxyl groups excluding tert-OH is 2. The Labute approximate surface area is 74.4 Å². The van der Waals surface area contributed by atoms with Gasteiger partial charge in [-0.3, -0.25) is 4.79 Å². The molecule has 12 heavy (non-hydrogen) atoms. The van der Waals surface area contributed by atoms with Gasteiger partial charge >= 0.3 is 0 Å². The molecule has 0 saturated carbocycles. The van der Waals surface area contributed by atoms with Gasteiger partial charge in [-0.2, -0.15) is 0 Å². The van der Waals surface area contributed by atoms with Crippen molar-refractivity contribution in [2.45, 2.75) is 39.5 Å². The van der Waals surface area contributed by atoms with Crippen molar-refractivity contribution < 1.29 is 15.0 Å². The van der Waals surface area contributed by atoms with E-state index < -0.39 is 0 Å². The van der Waals surface area contributed by atoms with Gasteiger partial charge < -0.3 is 10.2 Å². The van der Waals surface area contributed by atoms with Gasteiger partial charge in [-0.15, -0.1) is 0 Å². The monoisotopic (exact) mass is 176 g/mol. The molecule has 0 saturated heterocycles. The molecule has 0 aromatic heterocycles. The van der Waals surface area contributed by atoms with Crippen LogP contribution in [0.15, 0.2) is 0 Å². The lowest BCUT2D eigenvalue weighted by molar-refractivity contribution is -0.118. The molecule has 0 aromatic carbocycles. The molecule has 0 aliphatic rings. The average Bonchev–Trinajstić information content (AvgIpc) is 2.14. The minimum atomic E-state index is -0.125. The average molecular weight is 176 g/mol. The van der Waals surface area contributed by atoms with E-state index in [0.29, 0.717) is 12.2 Å². The maximum Gasteiger partial charge on any atom is 0.132 e. The van der Waals surface area contributed by atoms with E-state index in [2.05, 4.69) is 6.92 Å². The summed E-state index contributed by atoms with van der Waals surface area (Å²) < 4.78 is 0. The van der Waals surface area contributed by atoms with Crippen molar-refractivity contribution >= 4 is 5.78 Å². The van der Waals surface area contributed by atoms with Crippen molar-refractivity contribution in [1.82, 2.24) is 0 Å². The largest absolute Gasteiger partial charge is 0.394 e. The van der Waals surface area contributed by atoms with Crippen LogP contribution in [0, 0.1) is 0 Å². The zero-order chi connectivity index (χ0) is 9.82. The van der Waals surface area contributed by atoms with Gasteiger partial charge in [-0.05, 0) is 6.42 Å². The second-order valence-electron chi connectivity index (χ2n) is 2.44. The van der Waals surface area contributed by atoms with Crippen molar-refractivity contribution in [3.63, 3.8) is 0 Å². The first kappa shape index (κ1) is 14.1. The first-order valence-electron chi connectivity index (χ1n) is 4.46. The topological polar surface area (TPSA) is 57.5 Å². The lowest BCUT2D eigenvalue weighted by Crippen LogP contribution is -1.92. The molecular formula is C9H20O3. The number of hydrogen-bond donors (Lipinski definition) is 2. The van der Waals surface area contributed by atoms with Crippen LogP contribution >= 0.6 is 0 Å². The van der Waals surface area contributed by atoms with Gasteiger partial charge in [0.25, 0.3) is 0 Å². The number of aliphatic hydroxyl groups is 2. The molecule has 0 rings (SSSR count). The molecule has 74 valence electrons. The summed E-state index contributed by atoms with van der Waals surface area (Å²) in [4.78, 5) is 10.6. The quantitative estimate of drug-likeness (QED) is 0.660. The summed E-state index contributed by atoms with van der Waals surface area (Å²) in [7, 11) is 0. The van der Waals surface area contributed by atoms with Crippen LogP contribution in [0.1, 0.15) is 39.5 Å². The molecule has 0 amide bonds. The fourth-order valence-corrected chi connectivity index (χ4v) is 0.551. The van der Waals surface area contributed by atoms with Crippen LogP contribution in [0.2, 0.25) is 0 Å². The highest BCUT2D eigenvalue weighted by atomic mass is 16.3. The van der Waals surface area contributed by atoms with E-state index in [1.165, 1.54) is 0 Å². The van der Waals surface area contributed by atoms with Gasteiger partial charge in [0.15, 0.2) is 0 Å². The molecule has 0 aliphatic heterocycles. The van der Waals surface area contributed by atoms with E-state index in [0.717, 1.165) is 19.3 Å². The second-order valence-corrected chi connectivity index (χ2v) is 2.44. The third-order valence-corrected chi connectivity index (χ3v) is 1.30. The first-order valence-corrected chi connectivity index (χ1v) is 4.46. The number of unbranched alkanes of at least 4 members (excludes halogenated alkanes) is 1. The highest BCUT2D eigenvalue weighted by molar-refractivity contribution is 5.77. The Morgan fingerprint density at radius 3 is 1.92 bits per heavy atom. The Hall–Kier alpha value is -0.410. The van der Waals surface area contributed by atoms with E-state index >= 15 is 0 Å². The Kier molecular flexibility index (Phi) is 15.5. The van der Waals surface area contributed by atoms with Crippen LogP contribution in [0.25, 0.3) is 0 Å². The summed E-state index contributed by atoms with van der Waals surface area (Å²) in [5.74, 6) is 0.395. The van der Waals surface area contributed by atoms with Crippen LogP contribution in [-0.4, -0.2) is 29.2 Å². The number of carbonyl (C=O) groups excluding carboxylic acids is 1. The number of hydrogen-bond acceptors (Lipinski definition) is 3. The van der Waals surface area contributed by atoms with Crippen LogP contribution < -0.4 is 0 Å². The van der Waals surface area contributed by atoms with Crippen LogP contribution in [0.4, 0.5) is 0 Å².